The molecule has 0 fully saturated rings. The van der Waals surface area contributed by atoms with E-state index in [1.54, 1.807) is 20.8 Å². The van der Waals surface area contributed by atoms with Gasteiger partial charge >= 0.3 is 12.1 Å². The Morgan fingerprint density at radius 2 is 2.00 bits per heavy atom. The minimum Gasteiger partial charge on any atom is -0.476 e. The summed E-state index contributed by atoms with van der Waals surface area (Å²) in [6.07, 6.45) is -0.462. The first-order valence-corrected chi connectivity index (χ1v) is 5.91. The molecule has 2 heterocycles. The summed E-state index contributed by atoms with van der Waals surface area (Å²) in [5.74, 6) is -1.15. The first kappa shape index (κ1) is 13.3. The molecule has 0 unspecified atom stereocenters. The fraction of sp³-hybridized carbons (Fsp3) is 0.636. The highest BCUT2D eigenvalue weighted by molar-refractivity contribution is 5.86. The second kappa shape index (κ2) is 4.52. The monoisotopic (exact) mass is 268 g/mol. The molecule has 1 amide bonds. The zero-order valence-corrected chi connectivity index (χ0v) is 11.1. The molecule has 0 radical (unpaired) electrons. The highest BCUT2D eigenvalue weighted by Crippen LogP contribution is 2.17. The van der Waals surface area contributed by atoms with Crippen molar-refractivity contribution < 1.29 is 19.4 Å². The first-order chi connectivity index (χ1) is 8.78. The van der Waals surface area contributed by atoms with Crippen molar-refractivity contribution in [2.24, 2.45) is 0 Å². The van der Waals surface area contributed by atoms with Gasteiger partial charge < -0.3 is 14.7 Å². The van der Waals surface area contributed by atoms with E-state index in [9.17, 15) is 9.59 Å². The van der Waals surface area contributed by atoms with Crippen molar-refractivity contribution in [3.8, 4) is 0 Å². The van der Waals surface area contributed by atoms with Crippen molar-refractivity contribution in [2.45, 2.75) is 39.5 Å². The number of hydrogen-bond donors (Lipinski definition) is 1. The summed E-state index contributed by atoms with van der Waals surface area (Å²) in [6.45, 7) is 6.32. The number of carboxylic acids is 1. The van der Waals surface area contributed by atoms with Crippen LogP contribution in [0.5, 0.6) is 0 Å². The van der Waals surface area contributed by atoms with Gasteiger partial charge in [0.2, 0.25) is 0 Å². The van der Waals surface area contributed by atoms with Gasteiger partial charge in [0.15, 0.2) is 5.69 Å². The summed E-state index contributed by atoms with van der Waals surface area (Å²) in [6, 6.07) is 0. The predicted molar refractivity (Wildman–Crippen MR) is 63.6 cm³/mol. The zero-order chi connectivity index (χ0) is 14.2. The molecule has 0 aliphatic carbocycles. The van der Waals surface area contributed by atoms with Crippen LogP contribution >= 0.6 is 0 Å². The van der Waals surface area contributed by atoms with Gasteiger partial charge in [-0.3, -0.25) is 0 Å². The molecule has 8 nitrogen and oxygen atoms in total. The third kappa shape index (κ3) is 2.83. The largest absolute Gasteiger partial charge is 0.476 e. The van der Waals surface area contributed by atoms with Gasteiger partial charge in [0.25, 0.3) is 0 Å². The maximum atomic E-state index is 11.9. The fourth-order valence-electron chi connectivity index (χ4n) is 1.79. The molecule has 0 saturated carbocycles. The highest BCUT2D eigenvalue weighted by Gasteiger charge is 2.30. The zero-order valence-electron chi connectivity index (χ0n) is 11.1. The summed E-state index contributed by atoms with van der Waals surface area (Å²) in [5.41, 5.74) is -0.277. The molecule has 1 aliphatic rings. The number of carbonyl (C=O) groups excluding carboxylic acids is 1. The van der Waals surface area contributed by atoms with Gasteiger partial charge in [0, 0.05) is 6.54 Å². The second-order valence-electron chi connectivity index (χ2n) is 5.31. The molecule has 1 N–H and O–H groups in total. The third-order valence-corrected chi connectivity index (χ3v) is 2.61. The van der Waals surface area contributed by atoms with E-state index < -0.39 is 17.7 Å². The molecule has 0 bridgehead atoms. The molecule has 19 heavy (non-hydrogen) atoms. The van der Waals surface area contributed by atoms with Crippen molar-refractivity contribution in [2.75, 3.05) is 6.54 Å². The van der Waals surface area contributed by atoms with E-state index in [-0.39, 0.29) is 12.2 Å². The maximum Gasteiger partial charge on any atom is 0.410 e. The van der Waals surface area contributed by atoms with Crippen molar-refractivity contribution in [3.63, 3.8) is 0 Å². The number of aromatic nitrogens is 3. The van der Waals surface area contributed by atoms with Gasteiger partial charge in [-0.05, 0) is 20.8 Å². The van der Waals surface area contributed by atoms with E-state index >= 15 is 0 Å². The van der Waals surface area contributed by atoms with E-state index in [0.29, 0.717) is 18.8 Å². The van der Waals surface area contributed by atoms with Gasteiger partial charge in [-0.25, -0.2) is 14.3 Å². The Morgan fingerprint density at radius 3 is 2.58 bits per heavy atom. The molecule has 0 spiro atoms. The molecule has 8 heteroatoms. The van der Waals surface area contributed by atoms with Crippen LogP contribution in [0.3, 0.4) is 0 Å². The lowest BCUT2D eigenvalue weighted by atomic mass is 10.2. The van der Waals surface area contributed by atoms with Crippen LogP contribution in [0.15, 0.2) is 0 Å². The molecule has 0 saturated heterocycles. The molecule has 2 rings (SSSR count). The minimum atomic E-state index is -1.15. The van der Waals surface area contributed by atoms with E-state index in [4.69, 9.17) is 9.84 Å². The minimum absolute atomic E-state index is 0.117. The summed E-state index contributed by atoms with van der Waals surface area (Å²) in [5, 5.41) is 16.3. The number of nitrogens with zero attached hydrogens (tertiary/aromatic N) is 4. The fourth-order valence-corrected chi connectivity index (χ4v) is 1.79. The van der Waals surface area contributed by atoms with Gasteiger partial charge in [0.05, 0.1) is 18.8 Å². The molecule has 1 aliphatic heterocycles. The van der Waals surface area contributed by atoms with E-state index in [0.717, 1.165) is 0 Å². The van der Waals surface area contributed by atoms with E-state index in [2.05, 4.69) is 10.3 Å². The van der Waals surface area contributed by atoms with Crippen LogP contribution in [0.4, 0.5) is 4.79 Å². The lowest BCUT2D eigenvalue weighted by Gasteiger charge is -2.30. The number of carbonyl (C=O) groups is 2. The number of hydrogen-bond acceptors (Lipinski definition) is 5. The number of amides is 1. The average Bonchev–Trinajstić information content (AvgIpc) is 2.68. The molecular weight excluding hydrogens is 252 g/mol. The lowest BCUT2D eigenvalue weighted by molar-refractivity contribution is 0.0191. The quantitative estimate of drug-likeness (QED) is 0.806. The molecule has 0 aromatic carbocycles. The van der Waals surface area contributed by atoms with Crippen LogP contribution < -0.4 is 0 Å². The van der Waals surface area contributed by atoms with Gasteiger partial charge in [-0.1, -0.05) is 5.21 Å². The maximum absolute atomic E-state index is 11.9. The van der Waals surface area contributed by atoms with Gasteiger partial charge in [0.1, 0.15) is 5.60 Å². The highest BCUT2D eigenvalue weighted by atomic mass is 16.6. The van der Waals surface area contributed by atoms with E-state index in [1.165, 1.54) is 9.58 Å². The van der Waals surface area contributed by atoms with Crippen LogP contribution in [-0.4, -0.2) is 49.2 Å². The molecule has 1 aromatic rings. The second-order valence-corrected chi connectivity index (χ2v) is 5.31. The van der Waals surface area contributed by atoms with Crippen LogP contribution in [0.2, 0.25) is 0 Å². The number of aromatic carboxylic acids is 1. The topological polar surface area (TPSA) is 97.5 Å². The van der Waals surface area contributed by atoms with E-state index in [1.807, 2.05) is 0 Å². The van der Waals surface area contributed by atoms with Crippen LogP contribution in [-0.2, 0) is 17.8 Å². The van der Waals surface area contributed by atoms with Crippen molar-refractivity contribution in [1.82, 2.24) is 19.9 Å². The SMILES string of the molecule is CC(C)(C)OC(=O)N1CCn2nnc(C(=O)O)c2C1. The summed E-state index contributed by atoms with van der Waals surface area (Å²) in [7, 11) is 0. The molecule has 104 valence electrons. The Kier molecular flexibility index (Phi) is 3.17. The van der Waals surface area contributed by atoms with Gasteiger partial charge in [-0.2, -0.15) is 0 Å². The number of rotatable bonds is 1. The molecular formula is C11H16N4O4. The average molecular weight is 268 g/mol. The van der Waals surface area contributed by atoms with Crippen LogP contribution in [0, 0.1) is 0 Å². The predicted octanol–water partition coefficient (Wildman–Crippen LogP) is 0.727. The number of carboxylic acid groups (broad SMARTS) is 1. The van der Waals surface area contributed by atoms with Crippen molar-refractivity contribution >= 4 is 12.1 Å². The molecule has 0 atom stereocenters. The Bertz CT molecular complexity index is 517. The first-order valence-electron chi connectivity index (χ1n) is 5.91. The smallest absolute Gasteiger partial charge is 0.410 e. The normalized spacial score (nSPS) is 15.0. The van der Waals surface area contributed by atoms with Gasteiger partial charge in [-0.15, -0.1) is 5.10 Å². The number of fused-ring (bicyclic) bond motifs is 1. The lowest BCUT2D eigenvalue weighted by Crippen LogP contribution is -2.42. The van der Waals surface area contributed by atoms with Crippen LogP contribution in [0.25, 0.3) is 0 Å². The number of ether oxygens (including phenoxy) is 1. The Morgan fingerprint density at radius 1 is 1.32 bits per heavy atom. The summed E-state index contributed by atoms with van der Waals surface area (Å²) in [4.78, 5) is 24.4. The standard InChI is InChI=1S/C11H16N4O4/c1-11(2,3)19-10(18)14-4-5-15-7(6-14)8(9(16)17)12-13-15/h4-6H2,1-3H3,(H,16,17). The Hall–Kier alpha value is -2.12. The molecule has 1 aromatic heterocycles. The van der Waals surface area contributed by atoms with Crippen molar-refractivity contribution in [1.29, 1.82) is 0 Å². The Balaban J connectivity index is 2.15. The summed E-state index contributed by atoms with van der Waals surface area (Å²) < 4.78 is 6.76. The summed E-state index contributed by atoms with van der Waals surface area (Å²) >= 11 is 0. The Labute approximate surface area is 109 Å². The van der Waals surface area contributed by atoms with Crippen LogP contribution in [0.1, 0.15) is 37.0 Å². The third-order valence-electron chi connectivity index (χ3n) is 2.61. The van der Waals surface area contributed by atoms with Crippen molar-refractivity contribution in [3.05, 3.63) is 11.4 Å².